The van der Waals surface area contributed by atoms with Crippen molar-refractivity contribution in [3.63, 3.8) is 0 Å². The molecule has 1 atom stereocenters. The summed E-state index contributed by atoms with van der Waals surface area (Å²) in [5, 5.41) is 9.64. The molecule has 0 rings (SSSR count). The Bertz CT molecular complexity index is 696. The van der Waals surface area contributed by atoms with Gasteiger partial charge in [-0.2, -0.15) is 0 Å². The molecule has 0 aromatic carbocycles. The van der Waals surface area contributed by atoms with Gasteiger partial charge in [0.25, 0.3) is 0 Å². The molecule has 1 unspecified atom stereocenters. The van der Waals surface area contributed by atoms with Crippen LogP contribution in [-0.2, 0) is 14.3 Å². The standard InChI is InChI=1S/C51H102O4/c1-3-5-7-9-11-13-15-17-19-21-23-24-25-26-27-28-29-30-32-34-36-38-40-42-44-46-51(53)55-50(48-52)49-54-47-45-43-41-39-37-35-33-31-22-20-18-16-14-12-10-8-6-4-2/h50,52H,3-49H2,1-2H3. The van der Waals surface area contributed by atoms with E-state index in [2.05, 4.69) is 13.8 Å². The van der Waals surface area contributed by atoms with Gasteiger partial charge in [-0.1, -0.05) is 277 Å². The SMILES string of the molecule is CCCCCCCCCCCCCCCCCCCCCCCCCCCC(=O)OC(CO)COCCCCCCCCCCCCCCCCCCCC. The van der Waals surface area contributed by atoms with E-state index in [0.29, 0.717) is 19.6 Å². The number of ether oxygens (including phenoxy) is 2. The van der Waals surface area contributed by atoms with Crippen molar-refractivity contribution in [2.75, 3.05) is 19.8 Å². The fourth-order valence-electron chi connectivity index (χ4n) is 8.10. The molecule has 330 valence electrons. The van der Waals surface area contributed by atoms with Crippen molar-refractivity contribution >= 4 is 5.97 Å². The van der Waals surface area contributed by atoms with Gasteiger partial charge in [-0.25, -0.2) is 0 Å². The number of aliphatic hydroxyl groups is 1. The first-order valence-corrected chi connectivity index (χ1v) is 25.6. The summed E-state index contributed by atoms with van der Waals surface area (Å²) in [4.78, 5) is 12.3. The lowest BCUT2D eigenvalue weighted by atomic mass is 10.0. The first-order chi connectivity index (χ1) is 27.2. The second kappa shape index (κ2) is 49.5. The Kier molecular flexibility index (Phi) is 49.0. The van der Waals surface area contributed by atoms with E-state index in [0.717, 1.165) is 19.3 Å². The summed E-state index contributed by atoms with van der Waals surface area (Å²) in [6, 6.07) is 0. The van der Waals surface area contributed by atoms with Crippen molar-refractivity contribution in [2.45, 2.75) is 302 Å². The van der Waals surface area contributed by atoms with Gasteiger partial charge < -0.3 is 14.6 Å². The average molecular weight is 779 g/mol. The maximum atomic E-state index is 12.3. The number of unbranched alkanes of at least 4 members (excludes halogenated alkanes) is 41. The average Bonchev–Trinajstić information content (AvgIpc) is 3.19. The van der Waals surface area contributed by atoms with Gasteiger partial charge in [0.15, 0.2) is 0 Å². The van der Waals surface area contributed by atoms with E-state index in [9.17, 15) is 9.90 Å². The van der Waals surface area contributed by atoms with E-state index in [1.54, 1.807) is 0 Å². The smallest absolute Gasteiger partial charge is 0.306 e. The van der Waals surface area contributed by atoms with Crippen LogP contribution in [0.25, 0.3) is 0 Å². The summed E-state index contributed by atoms with van der Waals surface area (Å²) < 4.78 is 11.2. The van der Waals surface area contributed by atoms with Gasteiger partial charge in [-0.3, -0.25) is 4.79 Å². The molecule has 0 radical (unpaired) electrons. The lowest BCUT2D eigenvalue weighted by Gasteiger charge is -2.16. The highest BCUT2D eigenvalue weighted by Gasteiger charge is 2.13. The van der Waals surface area contributed by atoms with Crippen molar-refractivity contribution in [1.29, 1.82) is 0 Å². The first-order valence-electron chi connectivity index (χ1n) is 25.6. The molecular formula is C51H102O4. The normalized spacial score (nSPS) is 12.1. The topological polar surface area (TPSA) is 55.8 Å². The molecule has 0 aliphatic heterocycles. The van der Waals surface area contributed by atoms with Gasteiger partial charge in [0, 0.05) is 13.0 Å². The van der Waals surface area contributed by atoms with E-state index in [1.807, 2.05) is 0 Å². The number of aliphatic hydroxyl groups excluding tert-OH is 1. The molecule has 0 saturated carbocycles. The second-order valence-corrected chi connectivity index (χ2v) is 17.6. The van der Waals surface area contributed by atoms with Crippen LogP contribution in [0.5, 0.6) is 0 Å². The molecule has 4 nitrogen and oxygen atoms in total. The van der Waals surface area contributed by atoms with Crippen LogP contribution in [0.15, 0.2) is 0 Å². The minimum atomic E-state index is -0.526. The van der Waals surface area contributed by atoms with Gasteiger partial charge in [-0.15, -0.1) is 0 Å². The minimum Gasteiger partial charge on any atom is -0.457 e. The third-order valence-electron chi connectivity index (χ3n) is 11.9. The Morgan fingerprint density at radius 1 is 0.364 bits per heavy atom. The molecule has 4 heteroatoms. The van der Waals surface area contributed by atoms with Gasteiger partial charge >= 0.3 is 5.97 Å². The van der Waals surface area contributed by atoms with E-state index < -0.39 is 6.10 Å². The lowest BCUT2D eigenvalue weighted by molar-refractivity contribution is -0.154. The highest BCUT2D eigenvalue weighted by Crippen LogP contribution is 2.17. The Morgan fingerprint density at radius 2 is 0.600 bits per heavy atom. The fourth-order valence-corrected chi connectivity index (χ4v) is 8.10. The molecule has 0 bridgehead atoms. The zero-order valence-electron chi connectivity index (χ0n) is 38.0. The Labute approximate surface area is 346 Å². The van der Waals surface area contributed by atoms with Crippen LogP contribution in [0.4, 0.5) is 0 Å². The number of rotatable bonds is 49. The van der Waals surface area contributed by atoms with Crippen LogP contribution in [-0.4, -0.2) is 37.0 Å². The van der Waals surface area contributed by atoms with Crippen molar-refractivity contribution in [2.24, 2.45) is 0 Å². The van der Waals surface area contributed by atoms with Crippen LogP contribution in [0, 0.1) is 0 Å². The van der Waals surface area contributed by atoms with Crippen molar-refractivity contribution in [3.8, 4) is 0 Å². The van der Waals surface area contributed by atoms with Crippen LogP contribution in [0.2, 0.25) is 0 Å². The van der Waals surface area contributed by atoms with Gasteiger partial charge in [0.05, 0.1) is 13.2 Å². The summed E-state index contributed by atoms with van der Waals surface area (Å²) in [7, 11) is 0. The molecule has 0 aromatic heterocycles. The number of carbonyl (C=O) groups is 1. The Balaban J connectivity index is 3.32. The molecule has 0 spiro atoms. The molecule has 1 N–H and O–H groups in total. The van der Waals surface area contributed by atoms with Crippen LogP contribution >= 0.6 is 0 Å². The monoisotopic (exact) mass is 779 g/mol. The highest BCUT2D eigenvalue weighted by molar-refractivity contribution is 5.69. The number of esters is 1. The molecule has 0 amide bonds. The molecular weight excluding hydrogens is 677 g/mol. The molecule has 0 aliphatic rings. The van der Waals surface area contributed by atoms with Gasteiger partial charge in [0.2, 0.25) is 0 Å². The van der Waals surface area contributed by atoms with Crippen LogP contribution < -0.4 is 0 Å². The van der Waals surface area contributed by atoms with Crippen molar-refractivity contribution in [3.05, 3.63) is 0 Å². The molecule has 0 aliphatic carbocycles. The maximum Gasteiger partial charge on any atom is 0.306 e. The second-order valence-electron chi connectivity index (χ2n) is 17.6. The van der Waals surface area contributed by atoms with Crippen molar-refractivity contribution in [1.82, 2.24) is 0 Å². The number of hydrogen-bond acceptors (Lipinski definition) is 4. The number of hydrogen-bond donors (Lipinski definition) is 1. The zero-order chi connectivity index (χ0) is 39.8. The zero-order valence-corrected chi connectivity index (χ0v) is 38.0. The summed E-state index contributed by atoms with van der Waals surface area (Å²) in [6.07, 6.45) is 59.1. The predicted molar refractivity (Wildman–Crippen MR) is 242 cm³/mol. The largest absolute Gasteiger partial charge is 0.457 e. The van der Waals surface area contributed by atoms with Gasteiger partial charge in [0.1, 0.15) is 6.10 Å². The quantitative estimate of drug-likeness (QED) is 0.0494. The van der Waals surface area contributed by atoms with E-state index in [4.69, 9.17) is 9.47 Å². The Hall–Kier alpha value is -0.610. The molecule has 0 fully saturated rings. The summed E-state index contributed by atoms with van der Waals surface area (Å²) in [5.74, 6) is -0.190. The minimum absolute atomic E-state index is 0.162. The van der Waals surface area contributed by atoms with E-state index in [1.165, 1.54) is 257 Å². The van der Waals surface area contributed by atoms with Crippen molar-refractivity contribution < 1.29 is 19.4 Å². The van der Waals surface area contributed by atoms with Crippen LogP contribution in [0.1, 0.15) is 296 Å². The fraction of sp³-hybridized carbons (Fsp3) is 0.980. The molecule has 0 saturated heterocycles. The lowest BCUT2D eigenvalue weighted by Crippen LogP contribution is -2.27. The summed E-state index contributed by atoms with van der Waals surface area (Å²) >= 11 is 0. The maximum absolute atomic E-state index is 12.3. The first kappa shape index (κ1) is 54.4. The third-order valence-corrected chi connectivity index (χ3v) is 11.9. The molecule has 55 heavy (non-hydrogen) atoms. The Morgan fingerprint density at radius 3 is 0.855 bits per heavy atom. The third kappa shape index (κ3) is 47.7. The summed E-state index contributed by atoms with van der Waals surface area (Å²) in [5.41, 5.74) is 0. The summed E-state index contributed by atoms with van der Waals surface area (Å²) in [6.45, 7) is 5.42. The van der Waals surface area contributed by atoms with Crippen LogP contribution in [0.3, 0.4) is 0 Å². The van der Waals surface area contributed by atoms with E-state index in [-0.39, 0.29) is 12.6 Å². The predicted octanol–water partition coefficient (Wildman–Crippen LogP) is 17.1. The van der Waals surface area contributed by atoms with Gasteiger partial charge in [-0.05, 0) is 12.8 Å². The molecule has 0 aromatic rings. The number of carbonyl (C=O) groups excluding carboxylic acids is 1. The molecule has 0 heterocycles. The highest BCUT2D eigenvalue weighted by atomic mass is 16.6. The van der Waals surface area contributed by atoms with E-state index >= 15 is 0 Å².